The van der Waals surface area contributed by atoms with Gasteiger partial charge in [0, 0.05) is 30.3 Å². The first-order valence-corrected chi connectivity index (χ1v) is 11.8. The Labute approximate surface area is 209 Å². The molecule has 182 valence electrons. The third-order valence-electron chi connectivity index (χ3n) is 6.63. The van der Waals surface area contributed by atoms with Crippen LogP contribution in [0.2, 0.25) is 0 Å². The number of imide groups is 1. The highest BCUT2D eigenvalue weighted by Crippen LogP contribution is 2.35. The van der Waals surface area contributed by atoms with E-state index in [-0.39, 0.29) is 12.2 Å². The number of ketones is 1. The normalized spacial score (nSPS) is 16.3. The molecule has 0 fully saturated rings. The van der Waals surface area contributed by atoms with Gasteiger partial charge in [-0.1, -0.05) is 42.5 Å². The average molecular weight is 483 g/mol. The van der Waals surface area contributed by atoms with Crippen molar-refractivity contribution in [3.05, 3.63) is 101 Å². The number of ether oxygens (including phenoxy) is 2. The molecule has 0 radical (unpaired) electrons. The molecule has 7 nitrogen and oxygen atoms in total. The van der Waals surface area contributed by atoms with Crippen LogP contribution < -0.4 is 14.8 Å². The maximum absolute atomic E-state index is 13.8. The molecule has 1 N–H and O–H groups in total. The first-order valence-electron chi connectivity index (χ1n) is 11.8. The van der Waals surface area contributed by atoms with Crippen LogP contribution in [0.3, 0.4) is 0 Å². The number of fused-ring (bicyclic) bond motifs is 2. The summed E-state index contributed by atoms with van der Waals surface area (Å²) in [4.78, 5) is 41.5. The third-order valence-corrected chi connectivity index (χ3v) is 6.63. The number of methoxy groups -OCH3 is 2. The molecule has 0 saturated carbocycles. The van der Waals surface area contributed by atoms with E-state index in [1.165, 1.54) is 6.08 Å². The summed E-state index contributed by atoms with van der Waals surface area (Å²) in [6, 6.07) is 18.8. The summed E-state index contributed by atoms with van der Waals surface area (Å²) in [7, 11) is 3.15. The molecule has 3 aromatic carbocycles. The van der Waals surface area contributed by atoms with E-state index in [1.54, 1.807) is 38.5 Å². The molecule has 2 heterocycles. The molecule has 0 aliphatic carbocycles. The Morgan fingerprint density at radius 1 is 0.917 bits per heavy atom. The number of nitrogens with one attached hydrogen (secondary N) is 1. The molecule has 7 heteroatoms. The van der Waals surface area contributed by atoms with Crippen molar-refractivity contribution in [3.63, 3.8) is 0 Å². The van der Waals surface area contributed by atoms with Crippen LogP contribution in [0.5, 0.6) is 11.5 Å². The van der Waals surface area contributed by atoms with Crippen molar-refractivity contribution in [3.8, 4) is 11.5 Å². The minimum absolute atomic E-state index is 0.216. The lowest BCUT2D eigenvalue weighted by atomic mass is 9.94. The number of rotatable bonds is 7. The quantitative estimate of drug-likeness (QED) is 0.409. The number of carbonyl (C=O) groups excluding carboxylic acids is 3. The summed E-state index contributed by atoms with van der Waals surface area (Å²) in [5, 5.41) is 3.30. The molecule has 0 unspecified atom stereocenters. The van der Waals surface area contributed by atoms with Gasteiger partial charge in [-0.3, -0.25) is 19.3 Å². The van der Waals surface area contributed by atoms with E-state index in [2.05, 4.69) is 5.32 Å². The highest BCUT2D eigenvalue weighted by Gasteiger charge is 2.42. The van der Waals surface area contributed by atoms with Gasteiger partial charge in [0.05, 0.1) is 25.3 Å². The fraction of sp³-hybridized carbons (Fsp3) is 0.207. The summed E-state index contributed by atoms with van der Waals surface area (Å²) in [6.45, 7) is 0.637. The van der Waals surface area contributed by atoms with Crippen LogP contribution in [0, 0.1) is 0 Å². The van der Waals surface area contributed by atoms with Crippen LogP contribution in [0.1, 0.15) is 37.4 Å². The monoisotopic (exact) mass is 482 g/mol. The Morgan fingerprint density at radius 3 is 2.17 bits per heavy atom. The smallest absolute Gasteiger partial charge is 0.262 e. The van der Waals surface area contributed by atoms with Crippen LogP contribution in [0.25, 0.3) is 5.70 Å². The van der Waals surface area contributed by atoms with Gasteiger partial charge in [0.2, 0.25) is 0 Å². The van der Waals surface area contributed by atoms with Gasteiger partial charge in [-0.2, -0.15) is 0 Å². The third kappa shape index (κ3) is 4.13. The van der Waals surface area contributed by atoms with Crippen LogP contribution >= 0.6 is 0 Å². The molecule has 0 spiro atoms. The summed E-state index contributed by atoms with van der Waals surface area (Å²) >= 11 is 0. The van der Waals surface area contributed by atoms with Crippen molar-refractivity contribution in [2.24, 2.45) is 0 Å². The molecule has 3 aromatic rings. The van der Waals surface area contributed by atoms with Crippen molar-refractivity contribution in [2.45, 2.75) is 18.9 Å². The number of nitrogens with zero attached hydrogens (tertiary/aromatic N) is 1. The van der Waals surface area contributed by atoms with Crippen molar-refractivity contribution in [1.29, 1.82) is 0 Å². The van der Waals surface area contributed by atoms with Gasteiger partial charge in [-0.15, -0.1) is 0 Å². The molecule has 2 amide bonds. The highest BCUT2D eigenvalue weighted by atomic mass is 16.5. The van der Waals surface area contributed by atoms with E-state index >= 15 is 0 Å². The Hall–Kier alpha value is -4.39. The fourth-order valence-electron chi connectivity index (χ4n) is 4.82. The maximum atomic E-state index is 13.8. The van der Waals surface area contributed by atoms with Gasteiger partial charge in [0.25, 0.3) is 11.8 Å². The van der Waals surface area contributed by atoms with E-state index in [9.17, 15) is 14.4 Å². The van der Waals surface area contributed by atoms with Gasteiger partial charge in [-0.25, -0.2) is 0 Å². The zero-order chi connectivity index (χ0) is 25.2. The second-order valence-electron chi connectivity index (χ2n) is 8.73. The number of amides is 2. The summed E-state index contributed by atoms with van der Waals surface area (Å²) in [5.41, 5.74) is 3.96. The zero-order valence-electron chi connectivity index (χ0n) is 20.1. The van der Waals surface area contributed by atoms with Gasteiger partial charge in [0.15, 0.2) is 17.3 Å². The van der Waals surface area contributed by atoms with Crippen molar-refractivity contribution in [2.75, 3.05) is 20.8 Å². The maximum Gasteiger partial charge on any atom is 0.262 e. The van der Waals surface area contributed by atoms with E-state index in [1.807, 2.05) is 42.5 Å². The van der Waals surface area contributed by atoms with Crippen molar-refractivity contribution >= 4 is 23.3 Å². The standard InChI is InChI=1S/C29H26N2O5/c1-35-26-15-19-12-13-30-23(22(19)16-27(26)36-2)17-25(32)24(14-18-8-4-3-5-9-18)31-28(33)20-10-6-7-11-21(20)29(31)34/h3-11,15-17,24,30H,12-14H2,1-2H3/b23-17-/t24-/m0/s1. The Balaban J connectivity index is 1.55. The average Bonchev–Trinajstić information content (AvgIpc) is 3.16. The molecule has 0 bridgehead atoms. The lowest BCUT2D eigenvalue weighted by Crippen LogP contribution is -2.46. The first kappa shape index (κ1) is 23.4. The molecular formula is C29H26N2O5. The summed E-state index contributed by atoms with van der Waals surface area (Å²) in [5.74, 6) is -0.0619. The summed E-state index contributed by atoms with van der Waals surface area (Å²) < 4.78 is 10.9. The molecule has 2 aliphatic rings. The molecule has 0 aromatic heterocycles. The second kappa shape index (κ2) is 9.70. The predicted octanol–water partition coefficient (Wildman–Crippen LogP) is 3.67. The Bertz CT molecular complexity index is 1340. The fourth-order valence-corrected chi connectivity index (χ4v) is 4.82. The molecule has 36 heavy (non-hydrogen) atoms. The largest absolute Gasteiger partial charge is 0.493 e. The van der Waals surface area contributed by atoms with Gasteiger partial charge < -0.3 is 14.8 Å². The van der Waals surface area contributed by atoms with E-state index < -0.39 is 17.9 Å². The topological polar surface area (TPSA) is 84.9 Å². The SMILES string of the molecule is COc1cc2c(cc1OC)/C(=C/C(=O)[C@H](Cc1ccccc1)N1C(=O)c3ccccc3C1=O)NCC2. The number of carbonyl (C=O) groups is 3. The van der Waals surface area contributed by atoms with Crippen molar-refractivity contribution < 1.29 is 23.9 Å². The lowest BCUT2D eigenvalue weighted by Gasteiger charge is -2.26. The summed E-state index contributed by atoms with van der Waals surface area (Å²) in [6.07, 6.45) is 2.47. The van der Waals surface area contributed by atoms with E-state index in [0.717, 1.165) is 28.0 Å². The second-order valence-corrected chi connectivity index (χ2v) is 8.73. The molecule has 5 rings (SSSR count). The minimum atomic E-state index is -0.986. The number of hydrogen-bond acceptors (Lipinski definition) is 6. The highest BCUT2D eigenvalue weighted by molar-refractivity contribution is 6.23. The predicted molar refractivity (Wildman–Crippen MR) is 135 cm³/mol. The van der Waals surface area contributed by atoms with Crippen molar-refractivity contribution in [1.82, 2.24) is 10.2 Å². The van der Waals surface area contributed by atoms with Gasteiger partial charge in [0.1, 0.15) is 6.04 Å². The Kier molecular flexibility index (Phi) is 6.29. The van der Waals surface area contributed by atoms with Crippen LogP contribution in [-0.4, -0.2) is 49.3 Å². The molecule has 1 atom stereocenters. The zero-order valence-corrected chi connectivity index (χ0v) is 20.1. The van der Waals surface area contributed by atoms with Crippen LogP contribution in [0.4, 0.5) is 0 Å². The van der Waals surface area contributed by atoms with Gasteiger partial charge >= 0.3 is 0 Å². The van der Waals surface area contributed by atoms with E-state index in [0.29, 0.717) is 34.9 Å². The Morgan fingerprint density at radius 2 is 1.53 bits per heavy atom. The van der Waals surface area contributed by atoms with Gasteiger partial charge in [-0.05, 0) is 41.8 Å². The van der Waals surface area contributed by atoms with Crippen LogP contribution in [0.15, 0.2) is 72.8 Å². The van der Waals surface area contributed by atoms with E-state index in [4.69, 9.17) is 9.47 Å². The number of hydrogen-bond donors (Lipinski definition) is 1. The lowest BCUT2D eigenvalue weighted by molar-refractivity contribution is -0.118. The molecule has 0 saturated heterocycles. The number of benzene rings is 3. The molecule has 2 aliphatic heterocycles. The first-order chi connectivity index (χ1) is 17.5. The molecular weight excluding hydrogens is 456 g/mol. The van der Waals surface area contributed by atoms with Crippen LogP contribution in [-0.2, 0) is 17.6 Å². The minimum Gasteiger partial charge on any atom is -0.493 e.